The van der Waals surface area contributed by atoms with Gasteiger partial charge in [0.2, 0.25) is 5.91 Å². The summed E-state index contributed by atoms with van der Waals surface area (Å²) in [4.78, 5) is 52.0. The third-order valence-corrected chi connectivity index (χ3v) is 10.5. The molecular weight excluding hydrogens is 631 g/mol. The van der Waals surface area contributed by atoms with E-state index in [1.54, 1.807) is 23.9 Å². The Bertz CT molecular complexity index is 2320. The zero-order valence-electron chi connectivity index (χ0n) is 27.9. The second-order valence-corrected chi connectivity index (χ2v) is 13.8. The number of imidazole rings is 1. The molecule has 1 N–H and O–H groups in total. The van der Waals surface area contributed by atoms with Crippen LogP contribution in [0.4, 0.5) is 10.1 Å². The molecule has 0 bridgehead atoms. The summed E-state index contributed by atoms with van der Waals surface area (Å²) >= 11 is 7.45. The molecule has 2 atom stereocenters. The molecule has 11 heteroatoms. The van der Waals surface area contributed by atoms with Gasteiger partial charge in [-0.3, -0.25) is 23.7 Å². The molecule has 1 saturated heterocycles. The third-order valence-electron chi connectivity index (χ3n) is 10.2. The number of halogens is 2. The van der Waals surface area contributed by atoms with E-state index < -0.39 is 5.82 Å². The van der Waals surface area contributed by atoms with Crippen molar-refractivity contribution in [3.8, 4) is 16.8 Å². The van der Waals surface area contributed by atoms with Gasteiger partial charge < -0.3 is 14.8 Å². The van der Waals surface area contributed by atoms with Gasteiger partial charge >= 0.3 is 5.69 Å². The summed E-state index contributed by atoms with van der Waals surface area (Å²) in [6.07, 6.45) is 4.18. The molecule has 3 aromatic heterocycles. The van der Waals surface area contributed by atoms with Crippen molar-refractivity contribution in [3.63, 3.8) is 0 Å². The first-order chi connectivity index (χ1) is 22.8. The Kier molecular flexibility index (Phi) is 7.62. The van der Waals surface area contributed by atoms with E-state index in [1.165, 1.54) is 16.7 Å². The van der Waals surface area contributed by atoms with E-state index >= 15 is 4.39 Å². The minimum absolute atomic E-state index is 0.0253. The van der Waals surface area contributed by atoms with Crippen LogP contribution in [0.1, 0.15) is 55.5 Å². The normalized spacial score (nSPS) is 17.7. The molecule has 2 aliphatic rings. The van der Waals surface area contributed by atoms with Crippen molar-refractivity contribution in [1.29, 1.82) is 0 Å². The second-order valence-electron chi connectivity index (χ2n) is 13.5. The lowest BCUT2D eigenvalue weighted by atomic mass is 9.89. The number of nitrogens with one attached hydrogen (secondary N) is 1. The van der Waals surface area contributed by atoms with Crippen LogP contribution >= 0.6 is 11.6 Å². The number of hydrogen-bond acceptors (Lipinski definition) is 5. The first-order valence-corrected chi connectivity index (χ1v) is 16.7. The van der Waals surface area contributed by atoms with Crippen LogP contribution in [0.25, 0.3) is 38.8 Å². The van der Waals surface area contributed by atoms with E-state index in [-0.39, 0.29) is 45.7 Å². The highest BCUT2D eigenvalue weighted by molar-refractivity contribution is 6.39. The maximum Gasteiger partial charge on any atom is 0.326 e. The Morgan fingerprint density at radius 3 is 2.56 bits per heavy atom. The van der Waals surface area contributed by atoms with Gasteiger partial charge in [-0.15, -0.1) is 0 Å². The molecule has 0 aliphatic carbocycles. The number of carbonyl (C=O) groups excluding carboxylic acids is 1. The second kappa shape index (κ2) is 11.5. The monoisotopic (exact) mass is 668 g/mol. The number of piperazine rings is 1. The van der Waals surface area contributed by atoms with Crippen LogP contribution in [0.3, 0.4) is 0 Å². The van der Waals surface area contributed by atoms with Crippen molar-refractivity contribution in [2.75, 3.05) is 18.0 Å². The Balaban J connectivity index is 1.63. The van der Waals surface area contributed by atoms with Crippen LogP contribution in [0.2, 0.25) is 5.02 Å². The van der Waals surface area contributed by atoms with E-state index in [2.05, 4.69) is 16.5 Å². The smallest absolute Gasteiger partial charge is 0.326 e. The van der Waals surface area contributed by atoms with Gasteiger partial charge in [-0.1, -0.05) is 38.1 Å². The van der Waals surface area contributed by atoms with Crippen LogP contribution in [0, 0.1) is 19.7 Å². The van der Waals surface area contributed by atoms with Crippen molar-refractivity contribution in [2.45, 2.75) is 65.5 Å². The number of pyridine rings is 2. The molecule has 0 saturated carbocycles. The molecule has 7 rings (SSSR count). The van der Waals surface area contributed by atoms with E-state index in [9.17, 15) is 14.4 Å². The standard InChI is InChI=1S/C37H38ClFN6O3/c1-8-27(46)43-17-22-10-11-23-33(44(22)16-21(43)6)24-15-25(39)29(28-19(4)9-12-26-35(28)42(7)37(48)41-26)30(38)34(24)45(36(23)47)32-20(5)13-14-40-31(32)18(2)3/h8-9,12-15,18,21-22H,1,10-11,16-17H2,2-7H3,(H,41,48). The lowest BCUT2D eigenvalue weighted by molar-refractivity contribution is -0.129. The number of anilines is 1. The average molecular weight is 669 g/mol. The topological polar surface area (TPSA) is 96.2 Å². The van der Waals surface area contributed by atoms with Crippen molar-refractivity contribution >= 4 is 45.1 Å². The minimum Gasteiger partial charge on any atom is -0.364 e. The number of nitrogens with zero attached hydrogens (tertiary/aromatic N) is 5. The van der Waals surface area contributed by atoms with Gasteiger partial charge in [0.25, 0.3) is 5.56 Å². The molecule has 48 heavy (non-hydrogen) atoms. The molecule has 2 unspecified atom stereocenters. The molecule has 1 fully saturated rings. The number of H-pyrrole nitrogens is 1. The van der Waals surface area contributed by atoms with E-state index in [0.29, 0.717) is 70.4 Å². The minimum atomic E-state index is -0.563. The molecule has 2 aromatic carbocycles. The number of amides is 1. The number of rotatable bonds is 4. The Morgan fingerprint density at radius 2 is 1.85 bits per heavy atom. The molecule has 5 aromatic rings. The van der Waals surface area contributed by atoms with E-state index in [4.69, 9.17) is 16.6 Å². The largest absolute Gasteiger partial charge is 0.364 e. The van der Waals surface area contributed by atoms with E-state index in [0.717, 1.165) is 16.8 Å². The highest BCUT2D eigenvalue weighted by atomic mass is 35.5. The summed E-state index contributed by atoms with van der Waals surface area (Å²) in [6, 6.07) is 6.73. The summed E-state index contributed by atoms with van der Waals surface area (Å²) in [5, 5.41) is 0.588. The molecule has 5 heterocycles. The van der Waals surface area contributed by atoms with E-state index in [1.807, 2.05) is 51.7 Å². The average Bonchev–Trinajstić information content (AvgIpc) is 3.34. The van der Waals surface area contributed by atoms with Crippen molar-refractivity contribution < 1.29 is 9.18 Å². The summed E-state index contributed by atoms with van der Waals surface area (Å²) < 4.78 is 20.1. The molecule has 0 radical (unpaired) electrons. The number of aromatic amines is 1. The number of aryl methyl sites for hydroxylation is 3. The first-order valence-electron chi connectivity index (χ1n) is 16.3. The van der Waals surface area contributed by atoms with Gasteiger partial charge in [-0.05, 0) is 74.9 Å². The summed E-state index contributed by atoms with van der Waals surface area (Å²) in [5.41, 5.74) is 5.64. The van der Waals surface area contributed by atoms with Gasteiger partial charge in [0.15, 0.2) is 0 Å². The third kappa shape index (κ3) is 4.56. The Labute approximate surface area is 282 Å². The van der Waals surface area contributed by atoms with Gasteiger partial charge in [0.1, 0.15) is 5.82 Å². The van der Waals surface area contributed by atoms with Crippen LogP contribution in [-0.2, 0) is 18.3 Å². The number of benzene rings is 2. The lowest BCUT2D eigenvalue weighted by Gasteiger charge is -2.49. The fourth-order valence-electron chi connectivity index (χ4n) is 7.84. The molecule has 0 spiro atoms. The Morgan fingerprint density at radius 1 is 1.10 bits per heavy atom. The highest BCUT2D eigenvalue weighted by Crippen LogP contribution is 2.46. The molecule has 248 valence electrons. The molecule has 9 nitrogen and oxygen atoms in total. The van der Waals surface area contributed by atoms with Crippen LogP contribution in [-0.4, -0.2) is 55.1 Å². The zero-order chi connectivity index (χ0) is 34.3. The Hall–Kier alpha value is -4.70. The number of fused-ring (bicyclic) bond motifs is 6. The maximum absolute atomic E-state index is 17.0. The summed E-state index contributed by atoms with van der Waals surface area (Å²) in [6.45, 7) is 14.4. The quantitative estimate of drug-likeness (QED) is 0.227. The number of aromatic nitrogens is 4. The van der Waals surface area contributed by atoms with Crippen molar-refractivity contribution in [3.05, 3.63) is 97.2 Å². The van der Waals surface area contributed by atoms with Gasteiger partial charge in [-0.25, -0.2) is 9.18 Å². The first kappa shape index (κ1) is 31.9. The maximum atomic E-state index is 17.0. The lowest BCUT2D eigenvalue weighted by Crippen LogP contribution is -2.60. The van der Waals surface area contributed by atoms with Gasteiger partial charge in [0, 0.05) is 60.5 Å². The van der Waals surface area contributed by atoms with Crippen molar-refractivity contribution in [1.82, 2.24) is 24.0 Å². The fraction of sp³-hybridized carbons (Fsp3) is 0.351. The van der Waals surface area contributed by atoms with Crippen LogP contribution in [0.5, 0.6) is 0 Å². The molecule has 1 amide bonds. The zero-order valence-corrected chi connectivity index (χ0v) is 28.7. The van der Waals surface area contributed by atoms with Crippen molar-refractivity contribution in [2.24, 2.45) is 7.05 Å². The van der Waals surface area contributed by atoms with Crippen LogP contribution < -0.4 is 16.1 Å². The van der Waals surface area contributed by atoms with Gasteiger partial charge in [-0.2, -0.15) is 0 Å². The summed E-state index contributed by atoms with van der Waals surface area (Å²) in [7, 11) is 1.63. The predicted octanol–water partition coefficient (Wildman–Crippen LogP) is 6.30. The molecule has 2 aliphatic heterocycles. The number of carbonyl (C=O) groups is 1. The number of hydrogen-bond donors (Lipinski definition) is 1. The SMILES string of the molecule is C=CC(=O)N1CC2CCc3c(c4cc(F)c(-c5c(C)ccc6[nH]c(=O)n(C)c56)c(Cl)c4n(-c4c(C)ccnc4C(C)C)c3=O)N2CC1C. The van der Waals surface area contributed by atoms with Crippen LogP contribution in [0.15, 0.2) is 52.7 Å². The highest BCUT2D eigenvalue weighted by Gasteiger charge is 2.40. The molecular formula is C37H38ClFN6O3. The van der Waals surface area contributed by atoms with Gasteiger partial charge in [0.05, 0.1) is 38.6 Å². The fourth-order valence-corrected chi connectivity index (χ4v) is 8.21. The predicted molar refractivity (Wildman–Crippen MR) is 189 cm³/mol. The summed E-state index contributed by atoms with van der Waals surface area (Å²) in [5.74, 6) is -0.724.